The molecule has 1 atom stereocenters. The first-order valence-electron chi connectivity index (χ1n) is 6.64. The summed E-state index contributed by atoms with van der Waals surface area (Å²) in [7, 11) is 0. The maximum atomic E-state index is 5.85. The van der Waals surface area contributed by atoms with E-state index in [2.05, 4.69) is 61.1 Å². The van der Waals surface area contributed by atoms with Crippen LogP contribution in [-0.2, 0) is 0 Å². The Hall–Kier alpha value is -0.540. The molecule has 0 aromatic heterocycles. The normalized spacial score (nSPS) is 12.5. The molecule has 0 aliphatic rings. The molecule has 0 radical (unpaired) electrons. The Morgan fingerprint density at radius 3 is 2.44 bits per heavy atom. The van der Waals surface area contributed by atoms with Crippen molar-refractivity contribution in [3.8, 4) is 5.75 Å². The van der Waals surface area contributed by atoms with Crippen molar-refractivity contribution in [2.24, 2.45) is 5.92 Å². The minimum Gasteiger partial charge on any atom is -0.493 e. The second kappa shape index (κ2) is 7.80. The average Bonchev–Trinajstić information content (AvgIpc) is 2.33. The topological polar surface area (TPSA) is 21.3 Å². The van der Waals surface area contributed by atoms with Crippen molar-refractivity contribution in [1.82, 2.24) is 5.32 Å². The standard InChI is InChI=1S/C15H24BrNO/c1-5-6-17-9-11(2)10-18-14-7-12(3)15(16)13(4)8-14/h7-8,11,17H,5-6,9-10H2,1-4H3. The Morgan fingerprint density at radius 2 is 1.89 bits per heavy atom. The van der Waals surface area contributed by atoms with Crippen molar-refractivity contribution in [3.05, 3.63) is 27.7 Å². The Kier molecular flexibility index (Phi) is 6.72. The fourth-order valence-electron chi connectivity index (χ4n) is 1.81. The van der Waals surface area contributed by atoms with Crippen LogP contribution in [0.25, 0.3) is 0 Å². The van der Waals surface area contributed by atoms with Gasteiger partial charge >= 0.3 is 0 Å². The first-order valence-corrected chi connectivity index (χ1v) is 7.44. The first kappa shape index (κ1) is 15.5. The molecule has 0 saturated heterocycles. The maximum Gasteiger partial charge on any atom is 0.119 e. The zero-order valence-electron chi connectivity index (χ0n) is 11.8. The van der Waals surface area contributed by atoms with E-state index in [9.17, 15) is 0 Å². The van der Waals surface area contributed by atoms with Crippen LogP contribution in [0.5, 0.6) is 5.75 Å². The van der Waals surface area contributed by atoms with E-state index in [4.69, 9.17) is 4.74 Å². The quantitative estimate of drug-likeness (QED) is 0.766. The highest BCUT2D eigenvalue weighted by atomic mass is 79.9. The van der Waals surface area contributed by atoms with Gasteiger partial charge in [-0.05, 0) is 50.1 Å². The molecular formula is C15H24BrNO. The van der Waals surface area contributed by atoms with Gasteiger partial charge in [0.05, 0.1) is 6.61 Å². The van der Waals surface area contributed by atoms with Crippen LogP contribution in [-0.4, -0.2) is 19.7 Å². The van der Waals surface area contributed by atoms with Gasteiger partial charge in [-0.3, -0.25) is 0 Å². The van der Waals surface area contributed by atoms with Crippen LogP contribution in [0.1, 0.15) is 31.4 Å². The predicted molar refractivity (Wildman–Crippen MR) is 81.4 cm³/mol. The molecule has 0 fully saturated rings. The molecule has 2 nitrogen and oxygen atoms in total. The summed E-state index contributed by atoms with van der Waals surface area (Å²) in [6, 6.07) is 4.17. The van der Waals surface area contributed by atoms with Crippen molar-refractivity contribution in [1.29, 1.82) is 0 Å². The van der Waals surface area contributed by atoms with Gasteiger partial charge in [-0.15, -0.1) is 0 Å². The van der Waals surface area contributed by atoms with Crippen molar-refractivity contribution in [2.75, 3.05) is 19.7 Å². The first-order chi connectivity index (χ1) is 8.54. The van der Waals surface area contributed by atoms with Gasteiger partial charge < -0.3 is 10.1 Å². The third-order valence-electron chi connectivity index (χ3n) is 2.86. The van der Waals surface area contributed by atoms with E-state index in [0.717, 1.165) is 25.4 Å². The molecule has 0 saturated carbocycles. The summed E-state index contributed by atoms with van der Waals surface area (Å²) < 4.78 is 7.03. The smallest absolute Gasteiger partial charge is 0.119 e. The number of benzene rings is 1. The molecule has 1 N–H and O–H groups in total. The van der Waals surface area contributed by atoms with Crippen LogP contribution >= 0.6 is 15.9 Å². The van der Waals surface area contributed by atoms with Crippen molar-refractivity contribution in [2.45, 2.75) is 34.1 Å². The summed E-state index contributed by atoms with van der Waals surface area (Å²) >= 11 is 3.57. The molecule has 0 aliphatic carbocycles. The van der Waals surface area contributed by atoms with E-state index in [1.165, 1.54) is 22.0 Å². The fraction of sp³-hybridized carbons (Fsp3) is 0.600. The van der Waals surface area contributed by atoms with E-state index >= 15 is 0 Å². The Balaban J connectivity index is 2.43. The lowest BCUT2D eigenvalue weighted by Gasteiger charge is -2.15. The summed E-state index contributed by atoms with van der Waals surface area (Å²) in [4.78, 5) is 0. The van der Waals surface area contributed by atoms with Gasteiger partial charge in [-0.1, -0.05) is 29.8 Å². The average molecular weight is 314 g/mol. The zero-order valence-corrected chi connectivity index (χ0v) is 13.4. The molecule has 0 amide bonds. The number of hydrogen-bond donors (Lipinski definition) is 1. The van der Waals surface area contributed by atoms with Crippen LogP contribution in [0.2, 0.25) is 0 Å². The van der Waals surface area contributed by atoms with Crippen molar-refractivity contribution in [3.63, 3.8) is 0 Å². The second-order valence-corrected chi connectivity index (χ2v) is 5.78. The number of hydrogen-bond acceptors (Lipinski definition) is 2. The largest absolute Gasteiger partial charge is 0.493 e. The van der Waals surface area contributed by atoms with Gasteiger partial charge in [-0.2, -0.15) is 0 Å². The lowest BCUT2D eigenvalue weighted by molar-refractivity contribution is 0.255. The van der Waals surface area contributed by atoms with Gasteiger partial charge in [0.25, 0.3) is 0 Å². The highest BCUT2D eigenvalue weighted by Crippen LogP contribution is 2.26. The summed E-state index contributed by atoms with van der Waals surface area (Å²) in [5.74, 6) is 1.50. The lowest BCUT2D eigenvalue weighted by Crippen LogP contribution is -2.25. The Morgan fingerprint density at radius 1 is 1.28 bits per heavy atom. The van der Waals surface area contributed by atoms with E-state index in [1.54, 1.807) is 0 Å². The minimum atomic E-state index is 0.529. The monoisotopic (exact) mass is 313 g/mol. The number of halogens is 1. The number of rotatable bonds is 7. The molecule has 1 unspecified atom stereocenters. The third kappa shape index (κ3) is 4.99. The van der Waals surface area contributed by atoms with Crippen molar-refractivity contribution >= 4 is 15.9 Å². The van der Waals surface area contributed by atoms with Gasteiger partial charge in [0, 0.05) is 16.9 Å². The molecular weight excluding hydrogens is 290 g/mol. The molecule has 1 rings (SSSR count). The van der Waals surface area contributed by atoms with Crippen LogP contribution < -0.4 is 10.1 Å². The van der Waals surface area contributed by atoms with E-state index in [-0.39, 0.29) is 0 Å². The van der Waals surface area contributed by atoms with E-state index in [1.807, 2.05) is 0 Å². The molecule has 18 heavy (non-hydrogen) atoms. The van der Waals surface area contributed by atoms with Crippen molar-refractivity contribution < 1.29 is 4.74 Å². The maximum absolute atomic E-state index is 5.85. The minimum absolute atomic E-state index is 0.529. The van der Waals surface area contributed by atoms with Gasteiger partial charge in [0.15, 0.2) is 0 Å². The summed E-state index contributed by atoms with van der Waals surface area (Å²) in [5, 5.41) is 3.42. The number of nitrogens with one attached hydrogen (secondary N) is 1. The second-order valence-electron chi connectivity index (χ2n) is 4.99. The van der Waals surface area contributed by atoms with Gasteiger partial charge in [0.2, 0.25) is 0 Å². The van der Waals surface area contributed by atoms with Crippen LogP contribution in [0.4, 0.5) is 0 Å². The molecule has 1 aromatic carbocycles. The molecule has 0 spiro atoms. The predicted octanol–water partition coefficient (Wildman–Crippen LogP) is 4.08. The van der Waals surface area contributed by atoms with Gasteiger partial charge in [-0.25, -0.2) is 0 Å². The Bertz CT molecular complexity index is 356. The molecule has 3 heteroatoms. The molecule has 1 aromatic rings. The van der Waals surface area contributed by atoms with Crippen LogP contribution in [0.15, 0.2) is 16.6 Å². The van der Waals surface area contributed by atoms with Crippen LogP contribution in [0, 0.1) is 19.8 Å². The third-order valence-corrected chi connectivity index (χ3v) is 4.11. The molecule has 0 aliphatic heterocycles. The fourth-order valence-corrected chi connectivity index (χ4v) is 2.04. The summed E-state index contributed by atoms with van der Waals surface area (Å²) in [5.41, 5.74) is 2.45. The number of aryl methyl sites for hydroxylation is 2. The highest BCUT2D eigenvalue weighted by molar-refractivity contribution is 9.10. The summed E-state index contributed by atoms with van der Waals surface area (Å²) in [6.45, 7) is 11.4. The molecule has 0 bridgehead atoms. The summed E-state index contributed by atoms with van der Waals surface area (Å²) in [6.07, 6.45) is 1.18. The SMILES string of the molecule is CCCNCC(C)COc1cc(C)c(Br)c(C)c1. The lowest BCUT2D eigenvalue weighted by atomic mass is 10.1. The highest BCUT2D eigenvalue weighted by Gasteiger charge is 2.06. The van der Waals surface area contributed by atoms with E-state index in [0.29, 0.717) is 5.92 Å². The molecule has 102 valence electrons. The molecule has 0 heterocycles. The van der Waals surface area contributed by atoms with Gasteiger partial charge in [0.1, 0.15) is 5.75 Å². The van der Waals surface area contributed by atoms with E-state index < -0.39 is 0 Å². The Labute approximate surface area is 119 Å². The number of ether oxygens (including phenoxy) is 1. The zero-order chi connectivity index (χ0) is 13.5. The van der Waals surface area contributed by atoms with Crippen LogP contribution in [0.3, 0.4) is 0 Å².